The van der Waals surface area contributed by atoms with Crippen molar-refractivity contribution >= 4 is 28.1 Å². The minimum atomic E-state index is -0.145. The third-order valence-electron chi connectivity index (χ3n) is 5.28. The Bertz CT molecular complexity index is 955. The lowest BCUT2D eigenvalue weighted by Crippen LogP contribution is -2.29. The maximum atomic E-state index is 12.2. The molecule has 1 aliphatic carbocycles. The molecule has 2 aromatic heterocycles. The summed E-state index contributed by atoms with van der Waals surface area (Å²) in [5.41, 5.74) is 5.83. The van der Waals surface area contributed by atoms with Gasteiger partial charge in [0.15, 0.2) is 0 Å². The number of thiazole rings is 1. The van der Waals surface area contributed by atoms with E-state index in [4.69, 9.17) is 4.74 Å². The molecule has 0 radical (unpaired) electrons. The van der Waals surface area contributed by atoms with Crippen molar-refractivity contribution < 1.29 is 9.53 Å². The molecule has 5 nitrogen and oxygen atoms in total. The molecule has 2 heterocycles. The van der Waals surface area contributed by atoms with E-state index in [9.17, 15) is 4.79 Å². The summed E-state index contributed by atoms with van der Waals surface area (Å²) in [6.07, 6.45) is 1.98. The number of hydrogen-bond donors (Lipinski definition) is 2. The number of nitrogens with one attached hydrogen (secondary N) is 2. The van der Waals surface area contributed by atoms with Crippen LogP contribution in [0, 0.1) is 5.41 Å². The number of amides is 1. The fraction of sp³-hybridized carbons (Fsp3) is 0.429. The summed E-state index contributed by atoms with van der Waals surface area (Å²) in [4.78, 5) is 19.9. The number of nitrogens with zero attached hydrogens (tertiary/aromatic N) is 1. The molecule has 1 aromatic carbocycles. The fourth-order valence-corrected chi connectivity index (χ4v) is 3.72. The van der Waals surface area contributed by atoms with Gasteiger partial charge in [0.25, 0.3) is 0 Å². The number of carbonyl (C=O) groups is 1. The first kappa shape index (κ1) is 18.0. The normalized spacial score (nSPS) is 15.3. The molecule has 0 aliphatic heterocycles. The SMILES string of the molecule is CC(C)c1cc2cc(CNC(=O)C3(C)CC3)[nH]c2cc1OCc1cscn1. The van der Waals surface area contributed by atoms with Gasteiger partial charge in [0.1, 0.15) is 12.4 Å². The molecule has 3 aromatic rings. The van der Waals surface area contributed by atoms with Crippen molar-refractivity contribution in [2.45, 2.75) is 52.7 Å². The maximum Gasteiger partial charge on any atom is 0.226 e. The van der Waals surface area contributed by atoms with E-state index in [1.165, 1.54) is 5.56 Å². The van der Waals surface area contributed by atoms with Crippen LogP contribution in [0.2, 0.25) is 0 Å². The van der Waals surface area contributed by atoms with Crippen LogP contribution in [0.25, 0.3) is 10.9 Å². The van der Waals surface area contributed by atoms with Gasteiger partial charge in [0, 0.05) is 33.5 Å². The van der Waals surface area contributed by atoms with E-state index >= 15 is 0 Å². The fourth-order valence-electron chi connectivity index (χ4n) is 3.17. The molecule has 0 saturated heterocycles. The highest BCUT2D eigenvalue weighted by atomic mass is 32.1. The number of aromatic nitrogens is 2. The van der Waals surface area contributed by atoms with E-state index in [0.717, 1.165) is 40.9 Å². The Balaban J connectivity index is 1.53. The second-order valence-corrected chi connectivity index (χ2v) is 8.66. The highest BCUT2D eigenvalue weighted by Gasteiger charge is 2.44. The van der Waals surface area contributed by atoms with E-state index in [1.807, 2.05) is 17.8 Å². The quantitative estimate of drug-likeness (QED) is 0.619. The Morgan fingerprint density at radius 2 is 2.19 bits per heavy atom. The van der Waals surface area contributed by atoms with Crippen molar-refractivity contribution in [1.29, 1.82) is 0 Å². The van der Waals surface area contributed by atoms with Gasteiger partial charge in [-0.3, -0.25) is 4.79 Å². The summed E-state index contributed by atoms with van der Waals surface area (Å²) in [7, 11) is 0. The van der Waals surface area contributed by atoms with Gasteiger partial charge in [-0.1, -0.05) is 20.8 Å². The molecule has 0 unspecified atom stereocenters. The monoisotopic (exact) mass is 383 g/mol. The Hall–Kier alpha value is -2.34. The number of hydrogen-bond acceptors (Lipinski definition) is 4. The number of ether oxygens (including phenoxy) is 1. The molecule has 1 amide bonds. The number of carbonyl (C=O) groups excluding carboxylic acids is 1. The molecular weight excluding hydrogens is 358 g/mol. The molecule has 1 fully saturated rings. The number of H-pyrrole nitrogens is 1. The van der Waals surface area contributed by atoms with E-state index < -0.39 is 0 Å². The standard InChI is InChI=1S/C21H25N3O2S/c1-13(2)17-7-14-6-15(9-22-20(25)21(3)4-5-21)24-18(14)8-19(17)26-10-16-11-27-12-23-16/h6-8,11-13,24H,4-5,9-10H2,1-3H3,(H,22,25). The van der Waals surface area contributed by atoms with Crippen LogP contribution in [0.4, 0.5) is 0 Å². The topological polar surface area (TPSA) is 67.0 Å². The largest absolute Gasteiger partial charge is 0.487 e. The second kappa shape index (κ2) is 7.00. The molecular formula is C21H25N3O2S. The summed E-state index contributed by atoms with van der Waals surface area (Å²) >= 11 is 1.57. The van der Waals surface area contributed by atoms with Crippen LogP contribution in [0.5, 0.6) is 5.75 Å². The zero-order valence-corrected chi connectivity index (χ0v) is 16.8. The molecule has 142 valence electrons. The van der Waals surface area contributed by atoms with Crippen LogP contribution in [0.15, 0.2) is 29.1 Å². The van der Waals surface area contributed by atoms with Gasteiger partial charge in [-0.2, -0.15) is 0 Å². The lowest BCUT2D eigenvalue weighted by Gasteiger charge is -2.14. The van der Waals surface area contributed by atoms with Gasteiger partial charge in [-0.15, -0.1) is 11.3 Å². The van der Waals surface area contributed by atoms with E-state index in [1.54, 1.807) is 11.3 Å². The van der Waals surface area contributed by atoms with Gasteiger partial charge < -0.3 is 15.0 Å². The van der Waals surface area contributed by atoms with Crippen molar-refractivity contribution in [1.82, 2.24) is 15.3 Å². The summed E-state index contributed by atoms with van der Waals surface area (Å²) in [6.45, 7) is 7.35. The number of rotatable bonds is 7. The molecule has 6 heteroatoms. The van der Waals surface area contributed by atoms with Gasteiger partial charge in [-0.25, -0.2) is 4.98 Å². The first-order valence-electron chi connectivity index (χ1n) is 9.38. The zero-order chi connectivity index (χ0) is 19.0. The van der Waals surface area contributed by atoms with Crippen molar-refractivity contribution in [2.75, 3.05) is 0 Å². The smallest absolute Gasteiger partial charge is 0.226 e. The third kappa shape index (κ3) is 3.86. The molecule has 0 bridgehead atoms. The van der Waals surface area contributed by atoms with Gasteiger partial charge in [-0.05, 0) is 36.5 Å². The van der Waals surface area contributed by atoms with Crippen LogP contribution in [-0.2, 0) is 17.9 Å². The zero-order valence-electron chi connectivity index (χ0n) is 16.0. The predicted octanol–water partition coefficient (Wildman–Crippen LogP) is 4.74. The lowest BCUT2D eigenvalue weighted by atomic mass is 10.0. The number of aromatic amines is 1. The van der Waals surface area contributed by atoms with E-state index in [-0.39, 0.29) is 11.3 Å². The summed E-state index contributed by atoms with van der Waals surface area (Å²) in [5, 5.41) is 6.19. The number of benzene rings is 1. The van der Waals surface area contributed by atoms with E-state index in [0.29, 0.717) is 19.1 Å². The molecule has 0 atom stereocenters. The first-order valence-corrected chi connectivity index (χ1v) is 10.3. The van der Waals surface area contributed by atoms with Crippen LogP contribution in [-0.4, -0.2) is 15.9 Å². The maximum absolute atomic E-state index is 12.2. The highest BCUT2D eigenvalue weighted by molar-refractivity contribution is 7.07. The van der Waals surface area contributed by atoms with Crippen LogP contribution < -0.4 is 10.1 Å². The highest BCUT2D eigenvalue weighted by Crippen LogP contribution is 2.45. The Morgan fingerprint density at radius 3 is 2.85 bits per heavy atom. The second-order valence-electron chi connectivity index (χ2n) is 7.94. The lowest BCUT2D eigenvalue weighted by molar-refractivity contribution is -0.125. The third-order valence-corrected chi connectivity index (χ3v) is 5.91. The minimum Gasteiger partial charge on any atom is -0.487 e. The van der Waals surface area contributed by atoms with Gasteiger partial charge in [0.05, 0.1) is 17.7 Å². The molecule has 2 N–H and O–H groups in total. The summed E-state index contributed by atoms with van der Waals surface area (Å²) < 4.78 is 6.07. The van der Waals surface area contributed by atoms with Gasteiger partial charge >= 0.3 is 0 Å². The van der Waals surface area contributed by atoms with Crippen LogP contribution >= 0.6 is 11.3 Å². The average molecular weight is 384 g/mol. The van der Waals surface area contributed by atoms with E-state index in [2.05, 4.69) is 47.3 Å². The summed E-state index contributed by atoms with van der Waals surface area (Å²) in [5.74, 6) is 1.39. The van der Waals surface area contributed by atoms with Crippen LogP contribution in [0.3, 0.4) is 0 Å². The number of fused-ring (bicyclic) bond motifs is 1. The van der Waals surface area contributed by atoms with Crippen molar-refractivity contribution in [3.05, 3.63) is 46.0 Å². The first-order chi connectivity index (χ1) is 12.9. The molecule has 27 heavy (non-hydrogen) atoms. The molecule has 1 aliphatic rings. The summed E-state index contributed by atoms with van der Waals surface area (Å²) in [6, 6.07) is 6.35. The van der Waals surface area contributed by atoms with Crippen molar-refractivity contribution in [3.8, 4) is 5.75 Å². The molecule has 0 spiro atoms. The minimum absolute atomic E-state index is 0.145. The Morgan fingerprint density at radius 1 is 1.37 bits per heavy atom. The average Bonchev–Trinajstić information content (AvgIpc) is 3.07. The predicted molar refractivity (Wildman–Crippen MR) is 108 cm³/mol. The van der Waals surface area contributed by atoms with Crippen LogP contribution in [0.1, 0.15) is 56.5 Å². The van der Waals surface area contributed by atoms with Gasteiger partial charge in [0.2, 0.25) is 5.91 Å². The van der Waals surface area contributed by atoms with Crippen molar-refractivity contribution in [3.63, 3.8) is 0 Å². The molecule has 4 rings (SSSR count). The molecule has 1 saturated carbocycles. The van der Waals surface area contributed by atoms with Crippen molar-refractivity contribution in [2.24, 2.45) is 5.41 Å². The Kier molecular flexibility index (Phi) is 4.68. The Labute approximate surface area is 163 Å².